The maximum Gasteiger partial charge on any atom is 0.311 e. The van der Waals surface area contributed by atoms with E-state index in [9.17, 15) is 9.59 Å². The standard InChI is InChI=1S/C13H25N3O2/c1-15(2)9-7-8-14-12(17)13(18)16-10-5-3-4-6-11-16/h3-11H2,1-2H3,(H,14,17). The maximum absolute atomic E-state index is 11.9. The summed E-state index contributed by atoms with van der Waals surface area (Å²) in [5.74, 6) is -0.808. The summed E-state index contributed by atoms with van der Waals surface area (Å²) < 4.78 is 0. The highest BCUT2D eigenvalue weighted by Crippen LogP contribution is 2.09. The molecular weight excluding hydrogens is 230 g/mol. The molecule has 0 aromatic rings. The molecule has 1 heterocycles. The summed E-state index contributed by atoms with van der Waals surface area (Å²) in [6, 6.07) is 0. The van der Waals surface area contributed by atoms with Crippen molar-refractivity contribution in [2.75, 3.05) is 40.3 Å². The third-order valence-corrected chi connectivity index (χ3v) is 3.16. The SMILES string of the molecule is CN(C)CCCNC(=O)C(=O)N1CCCCCC1. The van der Waals surface area contributed by atoms with Crippen LogP contribution in [0, 0.1) is 0 Å². The first kappa shape index (κ1) is 15.0. The van der Waals surface area contributed by atoms with Crippen LogP contribution in [0.4, 0.5) is 0 Å². The van der Waals surface area contributed by atoms with E-state index in [1.54, 1.807) is 4.90 Å². The molecule has 0 aromatic carbocycles. The van der Waals surface area contributed by atoms with Gasteiger partial charge < -0.3 is 15.1 Å². The van der Waals surface area contributed by atoms with Gasteiger partial charge in [0.2, 0.25) is 0 Å². The lowest BCUT2D eigenvalue weighted by Gasteiger charge is -2.19. The van der Waals surface area contributed by atoms with Crippen LogP contribution in [0.1, 0.15) is 32.1 Å². The first-order chi connectivity index (χ1) is 8.61. The monoisotopic (exact) mass is 255 g/mol. The highest BCUT2D eigenvalue weighted by molar-refractivity contribution is 6.35. The number of carbonyl (C=O) groups excluding carboxylic acids is 2. The van der Waals surface area contributed by atoms with Gasteiger partial charge in [-0.1, -0.05) is 12.8 Å². The number of carbonyl (C=O) groups is 2. The zero-order chi connectivity index (χ0) is 13.4. The number of hydrogen-bond acceptors (Lipinski definition) is 3. The van der Waals surface area contributed by atoms with Crippen molar-refractivity contribution in [1.82, 2.24) is 15.1 Å². The maximum atomic E-state index is 11.9. The van der Waals surface area contributed by atoms with Gasteiger partial charge in [0.05, 0.1) is 0 Å². The van der Waals surface area contributed by atoms with E-state index < -0.39 is 5.91 Å². The molecule has 5 nitrogen and oxygen atoms in total. The van der Waals surface area contributed by atoms with Crippen LogP contribution in [0.2, 0.25) is 0 Å². The number of likely N-dealkylation sites (tertiary alicyclic amines) is 1. The molecule has 1 aliphatic heterocycles. The van der Waals surface area contributed by atoms with Crippen molar-refractivity contribution >= 4 is 11.8 Å². The molecule has 0 aromatic heterocycles. The van der Waals surface area contributed by atoms with E-state index in [1.165, 1.54) is 0 Å². The van der Waals surface area contributed by atoms with Crippen molar-refractivity contribution in [3.05, 3.63) is 0 Å². The van der Waals surface area contributed by atoms with Gasteiger partial charge in [-0.25, -0.2) is 0 Å². The predicted octanol–water partition coefficient (Wildman–Crippen LogP) is 0.457. The van der Waals surface area contributed by atoms with Gasteiger partial charge in [0.1, 0.15) is 0 Å². The van der Waals surface area contributed by atoms with Gasteiger partial charge in [-0.2, -0.15) is 0 Å². The second-order valence-electron chi connectivity index (χ2n) is 5.12. The molecular formula is C13H25N3O2. The van der Waals surface area contributed by atoms with Gasteiger partial charge in [0, 0.05) is 19.6 Å². The van der Waals surface area contributed by atoms with Gasteiger partial charge >= 0.3 is 11.8 Å². The molecule has 1 saturated heterocycles. The number of nitrogens with zero attached hydrogens (tertiary/aromatic N) is 2. The lowest BCUT2D eigenvalue weighted by molar-refractivity contribution is -0.145. The molecule has 18 heavy (non-hydrogen) atoms. The Morgan fingerprint density at radius 2 is 1.72 bits per heavy atom. The smallest absolute Gasteiger partial charge is 0.311 e. The first-order valence-corrected chi connectivity index (χ1v) is 6.83. The molecule has 0 bridgehead atoms. The molecule has 0 atom stereocenters. The van der Waals surface area contributed by atoms with Gasteiger partial charge in [0.25, 0.3) is 0 Å². The Balaban J connectivity index is 2.25. The summed E-state index contributed by atoms with van der Waals surface area (Å²) in [5.41, 5.74) is 0. The average molecular weight is 255 g/mol. The second kappa shape index (κ2) is 8.08. The summed E-state index contributed by atoms with van der Waals surface area (Å²) in [6.07, 6.45) is 5.22. The van der Waals surface area contributed by atoms with Crippen molar-refractivity contribution in [2.24, 2.45) is 0 Å². The van der Waals surface area contributed by atoms with E-state index in [0.717, 1.165) is 51.7 Å². The van der Waals surface area contributed by atoms with Crippen LogP contribution in [-0.4, -0.2) is 61.9 Å². The molecule has 0 radical (unpaired) electrons. The van der Waals surface area contributed by atoms with Gasteiger partial charge in [-0.3, -0.25) is 9.59 Å². The third kappa shape index (κ3) is 5.49. The fourth-order valence-electron chi connectivity index (χ4n) is 2.09. The van der Waals surface area contributed by atoms with Crippen LogP contribution < -0.4 is 5.32 Å². The molecule has 0 aliphatic carbocycles. The van der Waals surface area contributed by atoms with Gasteiger partial charge in [0.15, 0.2) is 0 Å². The summed E-state index contributed by atoms with van der Waals surface area (Å²) in [6.45, 7) is 2.93. The quantitative estimate of drug-likeness (QED) is 0.586. The average Bonchev–Trinajstić information content (AvgIpc) is 2.61. The molecule has 5 heteroatoms. The Bertz CT molecular complexity index is 271. The topological polar surface area (TPSA) is 52.7 Å². The highest BCUT2D eigenvalue weighted by atomic mass is 16.2. The van der Waals surface area contributed by atoms with Crippen LogP contribution in [0.25, 0.3) is 0 Å². The molecule has 0 saturated carbocycles. The number of rotatable bonds is 4. The minimum Gasteiger partial charge on any atom is -0.348 e. The Morgan fingerprint density at radius 3 is 2.28 bits per heavy atom. The largest absolute Gasteiger partial charge is 0.348 e. The highest BCUT2D eigenvalue weighted by Gasteiger charge is 2.21. The molecule has 1 fully saturated rings. The van der Waals surface area contributed by atoms with E-state index in [2.05, 4.69) is 10.2 Å². The normalized spacial score (nSPS) is 16.5. The molecule has 2 amide bonds. The van der Waals surface area contributed by atoms with E-state index in [4.69, 9.17) is 0 Å². The van der Waals surface area contributed by atoms with Crippen molar-refractivity contribution in [3.63, 3.8) is 0 Å². The lowest BCUT2D eigenvalue weighted by atomic mass is 10.2. The minimum absolute atomic E-state index is 0.359. The van der Waals surface area contributed by atoms with E-state index in [-0.39, 0.29) is 5.91 Å². The molecule has 0 spiro atoms. The van der Waals surface area contributed by atoms with Crippen LogP contribution in [-0.2, 0) is 9.59 Å². The van der Waals surface area contributed by atoms with Gasteiger partial charge in [-0.05, 0) is 39.9 Å². The van der Waals surface area contributed by atoms with Gasteiger partial charge in [-0.15, -0.1) is 0 Å². The number of hydrogen-bond donors (Lipinski definition) is 1. The number of nitrogens with one attached hydrogen (secondary N) is 1. The summed E-state index contributed by atoms with van der Waals surface area (Å²) in [5, 5.41) is 2.70. The van der Waals surface area contributed by atoms with Crippen molar-refractivity contribution < 1.29 is 9.59 Å². The van der Waals surface area contributed by atoms with E-state index in [1.807, 2.05) is 14.1 Å². The first-order valence-electron chi connectivity index (χ1n) is 6.83. The second-order valence-corrected chi connectivity index (χ2v) is 5.12. The minimum atomic E-state index is -0.448. The van der Waals surface area contributed by atoms with Crippen molar-refractivity contribution in [1.29, 1.82) is 0 Å². The molecule has 1 rings (SSSR count). The molecule has 104 valence electrons. The van der Waals surface area contributed by atoms with Crippen molar-refractivity contribution in [2.45, 2.75) is 32.1 Å². The molecule has 1 N–H and O–H groups in total. The Labute approximate surface area is 110 Å². The lowest BCUT2D eigenvalue weighted by Crippen LogP contribution is -2.43. The van der Waals surface area contributed by atoms with Crippen LogP contribution in [0.5, 0.6) is 0 Å². The fourth-order valence-corrected chi connectivity index (χ4v) is 2.09. The summed E-state index contributed by atoms with van der Waals surface area (Å²) >= 11 is 0. The van der Waals surface area contributed by atoms with Crippen LogP contribution >= 0.6 is 0 Å². The zero-order valence-corrected chi connectivity index (χ0v) is 11.6. The summed E-state index contributed by atoms with van der Waals surface area (Å²) in [7, 11) is 3.98. The Kier molecular flexibility index (Phi) is 6.72. The van der Waals surface area contributed by atoms with Crippen LogP contribution in [0.15, 0.2) is 0 Å². The zero-order valence-electron chi connectivity index (χ0n) is 11.6. The van der Waals surface area contributed by atoms with E-state index in [0.29, 0.717) is 6.54 Å². The van der Waals surface area contributed by atoms with Crippen LogP contribution in [0.3, 0.4) is 0 Å². The Hall–Kier alpha value is -1.10. The van der Waals surface area contributed by atoms with E-state index >= 15 is 0 Å². The molecule has 1 aliphatic rings. The fraction of sp³-hybridized carbons (Fsp3) is 0.846. The number of amides is 2. The van der Waals surface area contributed by atoms with Crippen molar-refractivity contribution in [3.8, 4) is 0 Å². The summed E-state index contributed by atoms with van der Waals surface area (Å²) in [4.78, 5) is 27.3. The predicted molar refractivity (Wildman–Crippen MR) is 71.2 cm³/mol. The third-order valence-electron chi connectivity index (χ3n) is 3.16. The Morgan fingerprint density at radius 1 is 1.11 bits per heavy atom. The molecule has 0 unspecified atom stereocenters.